The first kappa shape index (κ1) is 17.8. The predicted molar refractivity (Wildman–Crippen MR) is 93.3 cm³/mol. The van der Waals surface area contributed by atoms with Gasteiger partial charge in [0.15, 0.2) is 0 Å². The van der Waals surface area contributed by atoms with Crippen LogP contribution in [0.15, 0.2) is 12.5 Å². The zero-order chi connectivity index (χ0) is 17.5. The molecule has 0 saturated carbocycles. The molecule has 0 spiro atoms. The van der Waals surface area contributed by atoms with Crippen molar-refractivity contribution in [3.8, 4) is 11.8 Å². The molecule has 0 atom stereocenters. The van der Waals surface area contributed by atoms with Crippen molar-refractivity contribution in [1.29, 1.82) is 0 Å². The number of fused-ring (bicyclic) bond motifs is 1. The Morgan fingerprint density at radius 1 is 1.46 bits per heavy atom. The van der Waals surface area contributed by atoms with Gasteiger partial charge < -0.3 is 20.4 Å². The van der Waals surface area contributed by atoms with Crippen molar-refractivity contribution in [2.75, 3.05) is 25.5 Å². The van der Waals surface area contributed by atoms with Gasteiger partial charge in [-0.05, 0) is 20.3 Å². The van der Waals surface area contributed by atoms with Gasteiger partial charge in [-0.25, -0.2) is 9.97 Å². The van der Waals surface area contributed by atoms with Crippen LogP contribution in [0.2, 0.25) is 0 Å². The maximum atomic E-state index is 11.5. The minimum Gasteiger partial charge on any atom is -0.383 e. The normalized spacial score (nSPS) is 10.7. The quantitative estimate of drug-likeness (QED) is 0.618. The fraction of sp³-hybridized carbons (Fsp3) is 0.471. The highest BCUT2D eigenvalue weighted by Gasteiger charge is 2.13. The van der Waals surface area contributed by atoms with Crippen LogP contribution in [0.4, 0.5) is 5.82 Å². The number of ether oxygens (including phenoxy) is 1. The number of hydrogen-bond acceptors (Lipinski definition) is 5. The molecule has 7 nitrogen and oxygen atoms in total. The maximum Gasteiger partial charge on any atom is 0.246 e. The van der Waals surface area contributed by atoms with Crippen molar-refractivity contribution in [2.45, 2.75) is 33.2 Å². The Hall–Kier alpha value is -2.59. The van der Waals surface area contributed by atoms with Gasteiger partial charge in [-0.3, -0.25) is 4.79 Å². The smallest absolute Gasteiger partial charge is 0.246 e. The number of nitrogen functional groups attached to an aromatic ring is 1. The van der Waals surface area contributed by atoms with Gasteiger partial charge in [-0.2, -0.15) is 0 Å². The van der Waals surface area contributed by atoms with E-state index in [0.717, 1.165) is 23.0 Å². The summed E-state index contributed by atoms with van der Waals surface area (Å²) in [5.74, 6) is 6.20. The third-order valence-corrected chi connectivity index (χ3v) is 3.37. The van der Waals surface area contributed by atoms with Gasteiger partial charge in [0.1, 0.15) is 24.4 Å². The Balaban J connectivity index is 2.10. The Labute approximate surface area is 141 Å². The first-order valence-electron chi connectivity index (χ1n) is 7.98. The molecule has 1 amide bonds. The second kappa shape index (κ2) is 8.31. The van der Waals surface area contributed by atoms with Crippen LogP contribution in [0.25, 0.3) is 11.0 Å². The Morgan fingerprint density at radius 2 is 2.25 bits per heavy atom. The molecule has 0 aliphatic rings. The highest BCUT2D eigenvalue weighted by molar-refractivity contribution is 5.92. The first-order valence-corrected chi connectivity index (χ1v) is 7.98. The number of nitrogens with two attached hydrogens (primary N) is 1. The molecule has 2 rings (SSSR count). The Kier molecular flexibility index (Phi) is 6.15. The number of hydrogen-bond donors (Lipinski definition) is 2. The van der Waals surface area contributed by atoms with Crippen LogP contribution in [0.3, 0.4) is 0 Å². The summed E-state index contributed by atoms with van der Waals surface area (Å²) in [4.78, 5) is 19.9. The zero-order valence-electron chi connectivity index (χ0n) is 14.3. The summed E-state index contributed by atoms with van der Waals surface area (Å²) in [6.45, 7) is 7.00. The van der Waals surface area contributed by atoms with Gasteiger partial charge in [0.25, 0.3) is 0 Å². The van der Waals surface area contributed by atoms with E-state index in [-0.39, 0.29) is 25.1 Å². The van der Waals surface area contributed by atoms with E-state index in [2.05, 4.69) is 41.0 Å². The largest absolute Gasteiger partial charge is 0.383 e. The Bertz CT molecular complexity index is 770. The molecule has 7 heteroatoms. The number of nitrogens with zero attached hydrogens (tertiary/aromatic N) is 3. The van der Waals surface area contributed by atoms with Crippen LogP contribution >= 0.6 is 0 Å². The molecular weight excluding hydrogens is 306 g/mol. The summed E-state index contributed by atoms with van der Waals surface area (Å²) >= 11 is 0. The molecule has 0 aromatic carbocycles. The van der Waals surface area contributed by atoms with E-state index >= 15 is 0 Å². The van der Waals surface area contributed by atoms with E-state index in [0.29, 0.717) is 12.4 Å². The van der Waals surface area contributed by atoms with E-state index in [1.165, 1.54) is 6.33 Å². The first-order chi connectivity index (χ1) is 11.5. The summed E-state index contributed by atoms with van der Waals surface area (Å²) in [6.07, 6.45) is 4.25. The van der Waals surface area contributed by atoms with Crippen molar-refractivity contribution < 1.29 is 9.53 Å². The lowest BCUT2D eigenvalue weighted by atomic mass is 10.2. The molecule has 24 heavy (non-hydrogen) atoms. The molecule has 0 radical (unpaired) electrons. The number of nitrogens with one attached hydrogen (secondary N) is 1. The Morgan fingerprint density at radius 3 is 2.96 bits per heavy atom. The van der Waals surface area contributed by atoms with Crippen LogP contribution in [-0.4, -0.2) is 40.2 Å². The predicted octanol–water partition coefficient (Wildman–Crippen LogP) is 1.49. The van der Waals surface area contributed by atoms with Gasteiger partial charge in [0.2, 0.25) is 5.91 Å². The molecule has 3 N–H and O–H groups in total. The minimum absolute atomic E-state index is 0.0585. The van der Waals surface area contributed by atoms with Crippen LogP contribution in [0.5, 0.6) is 0 Å². The number of anilines is 1. The second-order valence-electron chi connectivity index (χ2n) is 5.63. The lowest BCUT2D eigenvalue weighted by molar-refractivity contribution is -0.125. The molecule has 0 aliphatic carbocycles. The fourth-order valence-corrected chi connectivity index (χ4v) is 2.24. The molecule has 2 aromatic heterocycles. The van der Waals surface area contributed by atoms with Crippen molar-refractivity contribution in [3.05, 3.63) is 18.1 Å². The summed E-state index contributed by atoms with van der Waals surface area (Å²) in [5, 5.41) is 3.44. The molecule has 0 fully saturated rings. The number of carbonyl (C=O) groups is 1. The molecule has 128 valence electrons. The monoisotopic (exact) mass is 329 g/mol. The highest BCUT2D eigenvalue weighted by atomic mass is 16.5. The summed E-state index contributed by atoms with van der Waals surface area (Å²) in [5.41, 5.74) is 7.49. The van der Waals surface area contributed by atoms with Gasteiger partial charge >= 0.3 is 0 Å². The summed E-state index contributed by atoms with van der Waals surface area (Å²) < 4.78 is 7.17. The third kappa shape index (κ3) is 4.24. The standard InChI is InChI=1S/C17H23N5O2/c1-4-8-24-10-14(23)19-7-5-6-13-9-22(12(2)3)17-15(13)16(18)20-11-21-17/h9,11-12H,4,7-8,10H2,1-3H3,(H,19,23)(H2,18,20,21). The molecule has 0 aliphatic heterocycles. The number of amides is 1. The SMILES string of the molecule is CCCOCC(=O)NCC#Cc1cn(C(C)C)c2ncnc(N)c12. The maximum absolute atomic E-state index is 11.5. The van der Waals surface area contributed by atoms with Crippen LogP contribution in [0, 0.1) is 11.8 Å². The van der Waals surface area contributed by atoms with Crippen molar-refractivity contribution in [1.82, 2.24) is 19.9 Å². The van der Waals surface area contributed by atoms with E-state index in [4.69, 9.17) is 10.5 Å². The number of carbonyl (C=O) groups excluding carboxylic acids is 1. The average Bonchev–Trinajstić information content (AvgIpc) is 2.92. The molecule has 0 bridgehead atoms. The van der Waals surface area contributed by atoms with Gasteiger partial charge in [-0.1, -0.05) is 18.8 Å². The van der Waals surface area contributed by atoms with Crippen LogP contribution < -0.4 is 11.1 Å². The summed E-state index contributed by atoms with van der Waals surface area (Å²) in [7, 11) is 0. The fourth-order valence-electron chi connectivity index (χ4n) is 2.24. The lowest BCUT2D eigenvalue weighted by Gasteiger charge is -2.07. The third-order valence-electron chi connectivity index (χ3n) is 3.37. The summed E-state index contributed by atoms with van der Waals surface area (Å²) in [6, 6.07) is 0.229. The molecule has 0 unspecified atom stereocenters. The van der Waals surface area contributed by atoms with Gasteiger partial charge in [0, 0.05) is 18.8 Å². The molecule has 2 aromatic rings. The van der Waals surface area contributed by atoms with E-state index in [9.17, 15) is 4.79 Å². The van der Waals surface area contributed by atoms with E-state index < -0.39 is 0 Å². The molecular formula is C17H23N5O2. The minimum atomic E-state index is -0.176. The van der Waals surface area contributed by atoms with Crippen molar-refractivity contribution in [3.63, 3.8) is 0 Å². The lowest BCUT2D eigenvalue weighted by Crippen LogP contribution is -2.27. The van der Waals surface area contributed by atoms with E-state index in [1.54, 1.807) is 0 Å². The highest BCUT2D eigenvalue weighted by Crippen LogP contribution is 2.25. The van der Waals surface area contributed by atoms with Crippen molar-refractivity contribution in [2.24, 2.45) is 0 Å². The van der Waals surface area contributed by atoms with Gasteiger partial charge in [-0.15, -0.1) is 0 Å². The average molecular weight is 329 g/mol. The topological polar surface area (TPSA) is 95.1 Å². The number of rotatable bonds is 6. The van der Waals surface area contributed by atoms with Gasteiger partial charge in [0.05, 0.1) is 17.5 Å². The van der Waals surface area contributed by atoms with Crippen molar-refractivity contribution >= 4 is 22.8 Å². The van der Waals surface area contributed by atoms with Crippen LogP contribution in [0.1, 0.15) is 38.8 Å². The van der Waals surface area contributed by atoms with Crippen LogP contribution in [-0.2, 0) is 9.53 Å². The molecule has 0 saturated heterocycles. The number of aromatic nitrogens is 3. The molecule has 2 heterocycles. The zero-order valence-corrected chi connectivity index (χ0v) is 14.3. The second-order valence-corrected chi connectivity index (χ2v) is 5.63. The van der Waals surface area contributed by atoms with E-state index in [1.807, 2.05) is 17.7 Å².